The number of methoxy groups -OCH3 is 1. The molecular weight excluding hydrogens is 190 g/mol. The molecule has 13 heavy (non-hydrogen) atoms. The first-order valence-corrected chi connectivity index (χ1v) is 4.26. The Morgan fingerprint density at radius 2 is 2.31 bits per heavy atom. The fourth-order valence-corrected chi connectivity index (χ4v) is 1.28. The SMILES string of the molecule is COc1ccc([C@H](N)CO)cc1Cl. The van der Waals surface area contributed by atoms with Crippen LogP contribution < -0.4 is 10.5 Å². The van der Waals surface area contributed by atoms with Gasteiger partial charge in [-0.05, 0) is 17.7 Å². The maximum Gasteiger partial charge on any atom is 0.137 e. The Bertz CT molecular complexity index is 291. The van der Waals surface area contributed by atoms with Crippen molar-refractivity contribution < 1.29 is 9.84 Å². The van der Waals surface area contributed by atoms with Gasteiger partial charge in [0.05, 0.1) is 24.8 Å². The fraction of sp³-hybridized carbons (Fsp3) is 0.333. The van der Waals surface area contributed by atoms with Crippen molar-refractivity contribution >= 4 is 11.6 Å². The van der Waals surface area contributed by atoms with Crippen LogP contribution in [-0.2, 0) is 0 Å². The molecule has 0 saturated carbocycles. The van der Waals surface area contributed by atoms with E-state index in [-0.39, 0.29) is 12.6 Å². The smallest absolute Gasteiger partial charge is 0.137 e. The fourth-order valence-electron chi connectivity index (χ4n) is 1.02. The molecule has 1 atom stereocenters. The molecule has 0 amide bonds. The van der Waals surface area contributed by atoms with Gasteiger partial charge in [-0.2, -0.15) is 0 Å². The Labute approximate surface area is 82.1 Å². The predicted molar refractivity (Wildman–Crippen MR) is 52.0 cm³/mol. The van der Waals surface area contributed by atoms with E-state index >= 15 is 0 Å². The highest BCUT2D eigenvalue weighted by atomic mass is 35.5. The summed E-state index contributed by atoms with van der Waals surface area (Å²) in [4.78, 5) is 0. The normalized spacial score (nSPS) is 12.6. The lowest BCUT2D eigenvalue weighted by Crippen LogP contribution is -2.14. The third-order valence-corrected chi connectivity index (χ3v) is 2.10. The number of rotatable bonds is 3. The molecule has 0 radical (unpaired) electrons. The van der Waals surface area contributed by atoms with Crippen molar-refractivity contribution in [2.45, 2.75) is 6.04 Å². The van der Waals surface area contributed by atoms with E-state index in [1.807, 2.05) is 0 Å². The van der Waals surface area contributed by atoms with Crippen molar-refractivity contribution in [3.8, 4) is 5.75 Å². The molecule has 3 nitrogen and oxygen atoms in total. The Morgan fingerprint density at radius 3 is 2.77 bits per heavy atom. The molecule has 0 unspecified atom stereocenters. The topological polar surface area (TPSA) is 55.5 Å². The highest BCUT2D eigenvalue weighted by Crippen LogP contribution is 2.26. The molecular formula is C9H12ClNO2. The third-order valence-electron chi connectivity index (χ3n) is 1.80. The number of hydrogen-bond donors (Lipinski definition) is 2. The second kappa shape index (κ2) is 4.46. The van der Waals surface area contributed by atoms with E-state index in [0.717, 1.165) is 5.56 Å². The summed E-state index contributed by atoms with van der Waals surface area (Å²) in [6.07, 6.45) is 0. The summed E-state index contributed by atoms with van der Waals surface area (Å²) in [6, 6.07) is 4.82. The first-order chi connectivity index (χ1) is 6.19. The second-order valence-electron chi connectivity index (χ2n) is 2.68. The molecule has 0 saturated heterocycles. The van der Waals surface area contributed by atoms with Gasteiger partial charge in [-0.3, -0.25) is 0 Å². The monoisotopic (exact) mass is 201 g/mol. The summed E-state index contributed by atoms with van der Waals surface area (Å²) in [5.41, 5.74) is 6.40. The van der Waals surface area contributed by atoms with E-state index in [1.54, 1.807) is 25.3 Å². The minimum atomic E-state index is -0.386. The zero-order valence-electron chi connectivity index (χ0n) is 7.33. The summed E-state index contributed by atoms with van der Waals surface area (Å²) in [5.74, 6) is 0.607. The highest BCUT2D eigenvalue weighted by molar-refractivity contribution is 6.32. The van der Waals surface area contributed by atoms with Gasteiger partial charge >= 0.3 is 0 Å². The average molecular weight is 202 g/mol. The van der Waals surface area contributed by atoms with Gasteiger partial charge in [-0.15, -0.1) is 0 Å². The molecule has 0 spiro atoms. The molecule has 3 N–H and O–H groups in total. The summed E-state index contributed by atoms with van der Waals surface area (Å²) in [6.45, 7) is -0.0946. The van der Waals surface area contributed by atoms with Crippen molar-refractivity contribution in [2.24, 2.45) is 5.73 Å². The van der Waals surface area contributed by atoms with Gasteiger partial charge in [0.25, 0.3) is 0 Å². The van der Waals surface area contributed by atoms with Crippen molar-refractivity contribution in [3.05, 3.63) is 28.8 Å². The van der Waals surface area contributed by atoms with Crippen LogP contribution in [0.15, 0.2) is 18.2 Å². The average Bonchev–Trinajstić information content (AvgIpc) is 2.16. The third kappa shape index (κ3) is 2.34. The van der Waals surface area contributed by atoms with Gasteiger partial charge in [0.1, 0.15) is 5.75 Å². The largest absolute Gasteiger partial charge is 0.495 e. The number of hydrogen-bond acceptors (Lipinski definition) is 3. The molecule has 4 heteroatoms. The van der Waals surface area contributed by atoms with E-state index in [0.29, 0.717) is 10.8 Å². The summed E-state index contributed by atoms with van der Waals surface area (Å²) in [7, 11) is 1.55. The van der Waals surface area contributed by atoms with Gasteiger partial charge in [0.2, 0.25) is 0 Å². The van der Waals surface area contributed by atoms with E-state index in [2.05, 4.69) is 0 Å². The molecule has 0 fully saturated rings. The lowest BCUT2D eigenvalue weighted by Gasteiger charge is -2.10. The zero-order valence-corrected chi connectivity index (χ0v) is 8.08. The van der Waals surface area contributed by atoms with Gasteiger partial charge in [-0.1, -0.05) is 17.7 Å². The van der Waals surface area contributed by atoms with Gasteiger partial charge in [0, 0.05) is 0 Å². The quantitative estimate of drug-likeness (QED) is 0.776. The van der Waals surface area contributed by atoms with Crippen LogP contribution in [0.25, 0.3) is 0 Å². The second-order valence-corrected chi connectivity index (χ2v) is 3.09. The Hall–Kier alpha value is -0.770. The number of benzene rings is 1. The standard InChI is InChI=1S/C9H12ClNO2/c1-13-9-3-2-6(4-7(9)10)8(11)5-12/h2-4,8,12H,5,11H2,1H3/t8-/m1/s1. The molecule has 0 bridgehead atoms. The zero-order chi connectivity index (χ0) is 9.84. The molecule has 0 aromatic heterocycles. The van der Waals surface area contributed by atoms with Crippen LogP contribution >= 0.6 is 11.6 Å². The van der Waals surface area contributed by atoms with Crippen LogP contribution in [0.4, 0.5) is 0 Å². The molecule has 0 aliphatic heterocycles. The van der Waals surface area contributed by atoms with Crippen molar-refractivity contribution in [2.75, 3.05) is 13.7 Å². The molecule has 0 aliphatic rings. The molecule has 72 valence electrons. The molecule has 1 rings (SSSR count). The minimum absolute atomic E-state index is 0.0946. The molecule has 1 aromatic carbocycles. The van der Waals surface area contributed by atoms with E-state index < -0.39 is 0 Å². The van der Waals surface area contributed by atoms with Crippen LogP contribution in [0.1, 0.15) is 11.6 Å². The van der Waals surface area contributed by atoms with Crippen molar-refractivity contribution in [1.29, 1.82) is 0 Å². The van der Waals surface area contributed by atoms with Gasteiger partial charge in [-0.25, -0.2) is 0 Å². The van der Waals surface area contributed by atoms with Gasteiger partial charge < -0.3 is 15.6 Å². The maximum atomic E-state index is 8.81. The number of ether oxygens (including phenoxy) is 1. The van der Waals surface area contributed by atoms with Crippen molar-refractivity contribution in [1.82, 2.24) is 0 Å². The molecule has 1 aromatic rings. The van der Waals surface area contributed by atoms with Crippen LogP contribution in [0.2, 0.25) is 5.02 Å². The maximum absolute atomic E-state index is 8.81. The highest BCUT2D eigenvalue weighted by Gasteiger charge is 2.07. The van der Waals surface area contributed by atoms with Crippen molar-refractivity contribution in [3.63, 3.8) is 0 Å². The number of halogens is 1. The first kappa shape index (κ1) is 10.3. The van der Waals surface area contributed by atoms with E-state index in [4.69, 9.17) is 27.2 Å². The van der Waals surface area contributed by atoms with Gasteiger partial charge in [0.15, 0.2) is 0 Å². The lowest BCUT2D eigenvalue weighted by atomic mass is 10.1. The first-order valence-electron chi connectivity index (χ1n) is 3.89. The Balaban J connectivity index is 2.95. The number of aliphatic hydroxyl groups excluding tert-OH is 1. The number of aliphatic hydroxyl groups is 1. The van der Waals surface area contributed by atoms with Crippen LogP contribution in [0.5, 0.6) is 5.75 Å². The Morgan fingerprint density at radius 1 is 1.62 bits per heavy atom. The van der Waals surface area contributed by atoms with Crippen LogP contribution in [-0.4, -0.2) is 18.8 Å². The summed E-state index contributed by atoms with van der Waals surface area (Å²) >= 11 is 5.87. The van der Waals surface area contributed by atoms with E-state index in [1.165, 1.54) is 0 Å². The van der Waals surface area contributed by atoms with Crippen LogP contribution in [0, 0.1) is 0 Å². The summed E-state index contributed by atoms with van der Waals surface area (Å²) < 4.78 is 4.98. The predicted octanol–water partition coefficient (Wildman–Crippen LogP) is 1.34. The lowest BCUT2D eigenvalue weighted by molar-refractivity contribution is 0.268. The molecule has 0 heterocycles. The number of nitrogens with two attached hydrogens (primary N) is 1. The minimum Gasteiger partial charge on any atom is -0.495 e. The summed E-state index contributed by atoms with van der Waals surface area (Å²) in [5, 5.41) is 9.31. The van der Waals surface area contributed by atoms with E-state index in [9.17, 15) is 0 Å². The molecule has 0 aliphatic carbocycles. The Kier molecular flexibility index (Phi) is 3.54. The van der Waals surface area contributed by atoms with Crippen LogP contribution in [0.3, 0.4) is 0 Å².